The number of benzene rings is 2. The molecule has 2 aromatic carbocycles. The molecule has 4 atom stereocenters. The average molecular weight is 1080 g/mol. The van der Waals surface area contributed by atoms with Crippen molar-refractivity contribution in [2.24, 2.45) is 0 Å². The van der Waals surface area contributed by atoms with Gasteiger partial charge in [-0.3, -0.25) is 0 Å². The third-order valence-electron chi connectivity index (χ3n) is 12.0. The molecule has 2 aliphatic heterocycles. The van der Waals surface area contributed by atoms with Crippen molar-refractivity contribution in [3.8, 4) is 11.5 Å². The van der Waals surface area contributed by atoms with Crippen LogP contribution in [-0.2, 0) is 44.9 Å². The molecule has 0 unspecified atom stereocenters. The number of piperidine rings is 2. The summed E-state index contributed by atoms with van der Waals surface area (Å²) < 4.78 is 140. The molecule has 0 saturated carbocycles. The number of urea groups is 2. The number of phenolic OH excluding ortho intramolecular Hbond substituents is 2. The molecule has 8 N–H and O–H groups in total. The molecule has 0 radical (unpaired) electrons. The van der Waals surface area contributed by atoms with Crippen LogP contribution in [-0.4, -0.2) is 75.8 Å². The van der Waals surface area contributed by atoms with E-state index in [9.17, 15) is 63.0 Å². The molecule has 2 fully saturated rings. The van der Waals surface area contributed by atoms with Gasteiger partial charge in [0.05, 0.1) is 44.0 Å². The number of rotatable bonds is 8. The fraction of sp³-hybridized carbons (Fsp3) is 0.500. The fourth-order valence-corrected chi connectivity index (χ4v) is 13.3. The first kappa shape index (κ1) is 56.0. The van der Waals surface area contributed by atoms with Crippen molar-refractivity contribution >= 4 is 66.3 Å². The lowest BCUT2D eigenvalue weighted by Crippen LogP contribution is -2.39. The Morgan fingerprint density at radius 3 is 1.31 bits per heavy atom. The molecule has 0 bridgehead atoms. The molecule has 388 valence electrons. The third kappa shape index (κ3) is 12.2. The van der Waals surface area contributed by atoms with Crippen LogP contribution >= 0.6 is 23.2 Å². The van der Waals surface area contributed by atoms with Gasteiger partial charge in [0.15, 0.2) is 31.2 Å². The summed E-state index contributed by atoms with van der Waals surface area (Å²) in [5, 5.41) is 35.2. The van der Waals surface area contributed by atoms with Crippen LogP contribution in [0.4, 0.5) is 47.3 Å². The number of nitrogens with one attached hydrogen (secondary N) is 6. The summed E-state index contributed by atoms with van der Waals surface area (Å²) in [5.41, 5.74) is 0.340. The van der Waals surface area contributed by atoms with Gasteiger partial charge >= 0.3 is 24.4 Å². The fourth-order valence-electron chi connectivity index (χ4n) is 8.65. The predicted molar refractivity (Wildman–Crippen MR) is 249 cm³/mol. The Labute approximate surface area is 410 Å². The number of amides is 4. The first-order valence-corrected chi connectivity index (χ1v) is 25.3. The number of aromatic hydroxyl groups is 2. The number of aryl methyl sites for hydroxylation is 2. The highest BCUT2D eigenvalue weighted by Crippen LogP contribution is 2.43. The molecule has 2 aromatic heterocycles. The average Bonchev–Trinajstić information content (AvgIpc) is 3.94. The molecular weight excluding hydrogens is 1020 g/mol. The maximum absolute atomic E-state index is 13.1. The SMILES string of the molecule is C.C.O=C(Nc1ccc(Cl)c(S(=O)(=O)[C@H]2CCCNC2)c1O)N[C@@H]1CCCc2cc(C(F)(F)F)oc21.O=C(Nc1ccc(Cl)c(S(=O)(=O)[C@H]2CCCNC2)c1O)N[C@H]1CCCc2cc(C(F)(F)F)oc21. The van der Waals surface area contributed by atoms with E-state index >= 15 is 0 Å². The molecule has 2 saturated heterocycles. The Hall–Kier alpha value is -4.88. The van der Waals surface area contributed by atoms with E-state index in [1.807, 2.05) is 0 Å². The van der Waals surface area contributed by atoms with Crippen molar-refractivity contribution in [3.05, 3.63) is 80.6 Å². The maximum Gasteiger partial charge on any atom is 0.449 e. The summed E-state index contributed by atoms with van der Waals surface area (Å²) >= 11 is 12.2. The van der Waals surface area contributed by atoms with Crippen LogP contribution in [0.1, 0.15) is 112 Å². The summed E-state index contributed by atoms with van der Waals surface area (Å²) in [7, 11) is -8.00. The zero-order valence-electron chi connectivity index (χ0n) is 35.7. The van der Waals surface area contributed by atoms with E-state index in [1.165, 1.54) is 24.3 Å². The van der Waals surface area contributed by atoms with Gasteiger partial charge < -0.3 is 50.9 Å². The molecule has 16 nitrogen and oxygen atoms in total. The summed E-state index contributed by atoms with van der Waals surface area (Å²) in [5.74, 6) is -3.60. The standard InChI is InChI=1S/2C21H23ClF3N3O5S.2CH4/c2*22-13-6-7-14(17(29)19(13)34(31,32)12-4-2-8-26-10-12)27-20(30)28-15-5-1-3-11-9-16(21(23,24)25)33-18(11)15;;/h2*6-7,9,12,15,26,29H,1-5,8,10H2,(H2,27,28,30);2*1H4/t12-,15+;12-,15-;;/m00../s1. The van der Waals surface area contributed by atoms with Crippen LogP contribution in [0.15, 0.2) is 55.0 Å². The molecule has 0 spiro atoms. The van der Waals surface area contributed by atoms with E-state index in [0.29, 0.717) is 88.4 Å². The van der Waals surface area contributed by atoms with Gasteiger partial charge in [0, 0.05) is 13.1 Å². The Morgan fingerprint density at radius 1 is 0.614 bits per heavy atom. The number of phenols is 2. The van der Waals surface area contributed by atoms with Crippen molar-refractivity contribution < 1.29 is 71.8 Å². The lowest BCUT2D eigenvalue weighted by Gasteiger charge is -2.24. The summed E-state index contributed by atoms with van der Waals surface area (Å²) in [6.45, 7) is 1.81. The van der Waals surface area contributed by atoms with Gasteiger partial charge in [-0.2, -0.15) is 26.3 Å². The second-order valence-corrected chi connectivity index (χ2v) is 21.8. The zero-order chi connectivity index (χ0) is 49.3. The number of fused-ring (bicyclic) bond motifs is 2. The number of hydrogen-bond donors (Lipinski definition) is 8. The molecule has 8 rings (SSSR count). The van der Waals surface area contributed by atoms with Crippen LogP contribution in [0, 0.1) is 0 Å². The first-order valence-electron chi connectivity index (χ1n) is 21.4. The molecule has 70 heavy (non-hydrogen) atoms. The molecular formula is C44H54Cl2F6N6O10S2. The van der Waals surface area contributed by atoms with E-state index in [4.69, 9.17) is 32.0 Å². The van der Waals surface area contributed by atoms with Crippen molar-refractivity contribution in [1.29, 1.82) is 0 Å². The van der Waals surface area contributed by atoms with Crippen LogP contribution in [0.2, 0.25) is 10.0 Å². The maximum atomic E-state index is 13.1. The summed E-state index contributed by atoms with van der Waals surface area (Å²) in [6.07, 6.45) is -4.62. The van der Waals surface area contributed by atoms with E-state index in [-0.39, 0.29) is 60.9 Å². The number of carbonyl (C=O) groups excluding carboxylic acids is 2. The molecule has 4 amide bonds. The monoisotopic (exact) mass is 1070 g/mol. The Bertz CT molecular complexity index is 2570. The van der Waals surface area contributed by atoms with E-state index < -0.39 is 99.5 Å². The number of hydrogen-bond acceptors (Lipinski definition) is 12. The number of halogens is 8. The van der Waals surface area contributed by atoms with E-state index in [0.717, 1.165) is 12.1 Å². The minimum absolute atomic E-state index is 0. The van der Waals surface area contributed by atoms with Crippen molar-refractivity contribution in [1.82, 2.24) is 21.3 Å². The molecule has 2 aliphatic carbocycles. The third-order valence-corrected chi connectivity index (χ3v) is 17.4. The number of furan rings is 2. The van der Waals surface area contributed by atoms with E-state index in [1.54, 1.807) is 0 Å². The normalized spacial score (nSPS) is 20.5. The minimum atomic E-state index is -4.64. The smallest absolute Gasteiger partial charge is 0.449 e. The van der Waals surface area contributed by atoms with Gasteiger partial charge in [-0.25, -0.2) is 26.4 Å². The van der Waals surface area contributed by atoms with Crippen molar-refractivity contribution in [2.75, 3.05) is 36.8 Å². The second-order valence-electron chi connectivity index (χ2n) is 16.7. The van der Waals surface area contributed by atoms with Crippen LogP contribution < -0.4 is 31.9 Å². The highest BCUT2D eigenvalue weighted by Gasteiger charge is 2.41. The highest BCUT2D eigenvalue weighted by atomic mass is 35.5. The van der Waals surface area contributed by atoms with Gasteiger partial charge in [-0.15, -0.1) is 0 Å². The van der Waals surface area contributed by atoms with Gasteiger partial charge in [0.1, 0.15) is 21.3 Å². The number of carbonyl (C=O) groups is 2. The number of anilines is 2. The molecule has 4 heterocycles. The quantitative estimate of drug-likeness (QED) is 0.0607. The second kappa shape index (κ2) is 22.3. The lowest BCUT2D eigenvalue weighted by molar-refractivity contribution is -0.154. The van der Waals surface area contributed by atoms with Gasteiger partial charge in [0.25, 0.3) is 0 Å². The zero-order valence-corrected chi connectivity index (χ0v) is 38.8. The Kier molecular flexibility index (Phi) is 17.8. The Balaban J connectivity index is 0.000000254. The molecule has 4 aromatic rings. The highest BCUT2D eigenvalue weighted by molar-refractivity contribution is 7.92. The summed E-state index contributed by atoms with van der Waals surface area (Å²) in [4.78, 5) is 24.3. The van der Waals surface area contributed by atoms with Gasteiger partial charge in [0.2, 0.25) is 11.5 Å². The van der Waals surface area contributed by atoms with Gasteiger partial charge in [-0.05, 0) is 125 Å². The topological polar surface area (TPSA) is 241 Å². The predicted octanol–water partition coefficient (Wildman–Crippen LogP) is 10.0. The summed E-state index contributed by atoms with van der Waals surface area (Å²) in [6, 6.07) is 3.55. The van der Waals surface area contributed by atoms with Crippen LogP contribution in [0.3, 0.4) is 0 Å². The van der Waals surface area contributed by atoms with E-state index in [2.05, 4.69) is 31.9 Å². The number of alkyl halides is 6. The lowest BCUT2D eigenvalue weighted by atomic mass is 9.94. The minimum Gasteiger partial charge on any atom is -0.504 e. The van der Waals surface area contributed by atoms with Crippen LogP contribution in [0.5, 0.6) is 11.5 Å². The van der Waals surface area contributed by atoms with Crippen LogP contribution in [0.25, 0.3) is 0 Å². The molecule has 4 aliphatic rings. The van der Waals surface area contributed by atoms with Crippen molar-refractivity contribution in [3.63, 3.8) is 0 Å². The van der Waals surface area contributed by atoms with Crippen molar-refractivity contribution in [2.45, 2.75) is 124 Å². The first-order chi connectivity index (χ1) is 32.0. The number of sulfone groups is 2. The molecule has 26 heteroatoms. The largest absolute Gasteiger partial charge is 0.504 e. The van der Waals surface area contributed by atoms with Gasteiger partial charge in [-0.1, -0.05) is 38.1 Å². The Morgan fingerprint density at radius 2 is 0.986 bits per heavy atom.